The summed E-state index contributed by atoms with van der Waals surface area (Å²) in [6.07, 6.45) is 0. The molecule has 17 heavy (non-hydrogen) atoms. The quantitative estimate of drug-likeness (QED) is 0.839. The van der Waals surface area contributed by atoms with Crippen LogP contribution in [0.2, 0.25) is 0 Å². The third-order valence-electron chi connectivity index (χ3n) is 2.39. The lowest BCUT2D eigenvalue weighted by molar-refractivity contribution is 0.100. The fraction of sp³-hybridized carbons (Fsp3) is 0.0714. The summed E-state index contributed by atoms with van der Waals surface area (Å²) in [5.74, 6) is 0.510. The van der Waals surface area contributed by atoms with Crippen molar-refractivity contribution in [1.29, 1.82) is 0 Å². The fourth-order valence-corrected chi connectivity index (χ4v) is 2.32. The first-order chi connectivity index (χ1) is 8.25. The molecule has 2 aromatic carbocycles. The molecule has 2 aromatic rings. The zero-order chi connectivity index (χ0) is 12.1. The number of hydrogen-bond acceptors (Lipinski definition) is 2. The Morgan fingerprint density at radius 1 is 1.00 bits per heavy atom. The number of rotatable bonds is 4. The molecule has 0 fully saturated rings. The zero-order valence-corrected chi connectivity index (χ0v) is 10.1. The predicted octanol–water partition coefficient (Wildman–Crippen LogP) is 3.08. The molecule has 0 bridgehead atoms. The molecule has 0 saturated carbocycles. The van der Waals surface area contributed by atoms with E-state index >= 15 is 0 Å². The van der Waals surface area contributed by atoms with Gasteiger partial charge in [0, 0.05) is 16.2 Å². The molecule has 3 heteroatoms. The van der Waals surface area contributed by atoms with Crippen molar-refractivity contribution in [3.63, 3.8) is 0 Å². The fourth-order valence-electron chi connectivity index (χ4n) is 1.45. The first-order valence-corrected chi connectivity index (χ1v) is 6.31. The second kappa shape index (κ2) is 5.55. The summed E-state index contributed by atoms with van der Waals surface area (Å²) in [7, 11) is 0. The number of thioether (sulfide) groups is 1. The van der Waals surface area contributed by atoms with Crippen LogP contribution in [0.4, 0.5) is 0 Å². The highest BCUT2D eigenvalue weighted by Gasteiger charge is 2.00. The van der Waals surface area contributed by atoms with Gasteiger partial charge in [0.05, 0.1) is 0 Å². The van der Waals surface area contributed by atoms with Gasteiger partial charge in [-0.25, -0.2) is 0 Å². The number of carbonyl (C=O) groups excluding carboxylic acids is 1. The topological polar surface area (TPSA) is 43.1 Å². The molecule has 0 atom stereocenters. The largest absolute Gasteiger partial charge is 0.366 e. The van der Waals surface area contributed by atoms with Crippen LogP contribution < -0.4 is 5.73 Å². The van der Waals surface area contributed by atoms with Gasteiger partial charge >= 0.3 is 0 Å². The molecule has 0 unspecified atom stereocenters. The van der Waals surface area contributed by atoms with Gasteiger partial charge in [0.25, 0.3) is 0 Å². The SMILES string of the molecule is NC(=O)c1ccc(CSc2ccccc2)cc1. The molecule has 0 aliphatic carbocycles. The van der Waals surface area contributed by atoms with E-state index in [1.807, 2.05) is 30.3 Å². The van der Waals surface area contributed by atoms with Crippen molar-refractivity contribution in [2.24, 2.45) is 5.73 Å². The van der Waals surface area contributed by atoms with Gasteiger partial charge in [0.15, 0.2) is 0 Å². The normalized spacial score (nSPS) is 10.1. The summed E-state index contributed by atoms with van der Waals surface area (Å²) in [4.78, 5) is 12.2. The number of carbonyl (C=O) groups is 1. The lowest BCUT2D eigenvalue weighted by Gasteiger charge is -2.02. The molecule has 0 heterocycles. The summed E-state index contributed by atoms with van der Waals surface area (Å²) in [6.45, 7) is 0. The van der Waals surface area contributed by atoms with Gasteiger partial charge < -0.3 is 5.73 Å². The van der Waals surface area contributed by atoms with Crippen LogP contribution in [0.25, 0.3) is 0 Å². The van der Waals surface area contributed by atoms with Gasteiger partial charge in [0.1, 0.15) is 0 Å². The second-order valence-electron chi connectivity index (χ2n) is 3.66. The van der Waals surface area contributed by atoms with Crippen LogP contribution in [0.1, 0.15) is 15.9 Å². The summed E-state index contributed by atoms with van der Waals surface area (Å²) in [5, 5.41) is 0. The number of nitrogens with two attached hydrogens (primary N) is 1. The van der Waals surface area contributed by atoms with E-state index in [0.29, 0.717) is 5.56 Å². The van der Waals surface area contributed by atoms with E-state index in [1.165, 1.54) is 10.5 Å². The molecule has 86 valence electrons. The Labute approximate surface area is 105 Å². The van der Waals surface area contributed by atoms with Crippen LogP contribution in [0.5, 0.6) is 0 Å². The van der Waals surface area contributed by atoms with Crippen LogP contribution in [0, 0.1) is 0 Å². The number of primary amides is 1. The molecule has 0 aliphatic rings. The first kappa shape index (κ1) is 11.7. The minimum Gasteiger partial charge on any atom is -0.366 e. The van der Waals surface area contributed by atoms with Gasteiger partial charge in [-0.3, -0.25) is 4.79 Å². The molecule has 2 N–H and O–H groups in total. The average Bonchev–Trinajstić information content (AvgIpc) is 2.38. The summed E-state index contributed by atoms with van der Waals surface area (Å²) >= 11 is 1.77. The van der Waals surface area contributed by atoms with Crippen molar-refractivity contribution in [2.45, 2.75) is 10.6 Å². The monoisotopic (exact) mass is 243 g/mol. The number of benzene rings is 2. The maximum absolute atomic E-state index is 10.9. The maximum Gasteiger partial charge on any atom is 0.248 e. The minimum atomic E-state index is -0.382. The lowest BCUT2D eigenvalue weighted by atomic mass is 10.1. The third-order valence-corrected chi connectivity index (χ3v) is 3.47. The van der Waals surface area contributed by atoms with Crippen molar-refractivity contribution in [2.75, 3.05) is 0 Å². The Kier molecular flexibility index (Phi) is 3.83. The van der Waals surface area contributed by atoms with Crippen molar-refractivity contribution >= 4 is 17.7 Å². The van der Waals surface area contributed by atoms with Crippen molar-refractivity contribution < 1.29 is 4.79 Å². The van der Waals surface area contributed by atoms with Crippen LogP contribution in [0.15, 0.2) is 59.5 Å². The maximum atomic E-state index is 10.9. The second-order valence-corrected chi connectivity index (χ2v) is 4.71. The highest BCUT2D eigenvalue weighted by Crippen LogP contribution is 2.22. The Balaban J connectivity index is 1.98. The van der Waals surface area contributed by atoms with E-state index in [0.717, 1.165) is 5.75 Å². The summed E-state index contributed by atoms with van der Waals surface area (Å²) in [6, 6.07) is 17.6. The standard InChI is InChI=1S/C14H13NOS/c15-14(16)12-8-6-11(7-9-12)10-17-13-4-2-1-3-5-13/h1-9H,10H2,(H2,15,16). The van der Waals surface area contributed by atoms with Crippen LogP contribution >= 0.6 is 11.8 Å². The van der Waals surface area contributed by atoms with Gasteiger partial charge in [-0.2, -0.15) is 0 Å². The average molecular weight is 243 g/mol. The van der Waals surface area contributed by atoms with E-state index < -0.39 is 0 Å². The van der Waals surface area contributed by atoms with E-state index in [4.69, 9.17) is 5.73 Å². The van der Waals surface area contributed by atoms with Crippen LogP contribution in [0.3, 0.4) is 0 Å². The van der Waals surface area contributed by atoms with Gasteiger partial charge in [0.2, 0.25) is 5.91 Å². The highest BCUT2D eigenvalue weighted by atomic mass is 32.2. The Morgan fingerprint density at radius 2 is 1.65 bits per heavy atom. The van der Waals surface area contributed by atoms with E-state index in [-0.39, 0.29) is 5.91 Å². The zero-order valence-electron chi connectivity index (χ0n) is 9.30. The van der Waals surface area contributed by atoms with E-state index in [9.17, 15) is 4.79 Å². The molecule has 2 nitrogen and oxygen atoms in total. The lowest BCUT2D eigenvalue weighted by Crippen LogP contribution is -2.10. The van der Waals surface area contributed by atoms with Crippen LogP contribution in [-0.2, 0) is 5.75 Å². The molecule has 0 saturated heterocycles. The van der Waals surface area contributed by atoms with E-state index in [2.05, 4.69) is 12.1 Å². The first-order valence-electron chi connectivity index (χ1n) is 5.32. The van der Waals surface area contributed by atoms with Gasteiger partial charge in [-0.1, -0.05) is 30.3 Å². The molecule has 0 aromatic heterocycles. The van der Waals surface area contributed by atoms with Gasteiger partial charge in [-0.05, 0) is 29.8 Å². The molecule has 0 aliphatic heterocycles. The van der Waals surface area contributed by atoms with Crippen molar-refractivity contribution in [1.82, 2.24) is 0 Å². The highest BCUT2D eigenvalue weighted by molar-refractivity contribution is 7.98. The Hall–Kier alpha value is -1.74. The minimum absolute atomic E-state index is 0.382. The number of amides is 1. The van der Waals surface area contributed by atoms with Gasteiger partial charge in [-0.15, -0.1) is 11.8 Å². The third kappa shape index (κ3) is 3.36. The number of hydrogen-bond donors (Lipinski definition) is 1. The smallest absolute Gasteiger partial charge is 0.248 e. The summed E-state index contributed by atoms with van der Waals surface area (Å²) in [5.41, 5.74) is 6.92. The molecule has 2 rings (SSSR count). The van der Waals surface area contributed by atoms with Crippen molar-refractivity contribution in [3.8, 4) is 0 Å². The summed E-state index contributed by atoms with van der Waals surface area (Å²) < 4.78 is 0. The molecular formula is C14H13NOS. The van der Waals surface area contributed by atoms with E-state index in [1.54, 1.807) is 23.9 Å². The predicted molar refractivity (Wildman–Crippen MR) is 71.0 cm³/mol. The van der Waals surface area contributed by atoms with Crippen LogP contribution in [-0.4, -0.2) is 5.91 Å². The van der Waals surface area contributed by atoms with Crippen molar-refractivity contribution in [3.05, 3.63) is 65.7 Å². The molecular weight excluding hydrogens is 230 g/mol. The molecule has 0 spiro atoms. The molecule has 0 radical (unpaired) electrons. The Bertz CT molecular complexity index is 493. The molecule has 1 amide bonds. The Morgan fingerprint density at radius 3 is 2.24 bits per heavy atom.